The van der Waals surface area contributed by atoms with Crippen molar-refractivity contribution in [3.63, 3.8) is 0 Å². The number of para-hydroxylation sites is 2. The van der Waals surface area contributed by atoms with Gasteiger partial charge in [0.15, 0.2) is 0 Å². The summed E-state index contributed by atoms with van der Waals surface area (Å²) in [7, 11) is 0. The van der Waals surface area contributed by atoms with Gasteiger partial charge in [-0.05, 0) is 24.3 Å². The third-order valence-electron chi connectivity index (χ3n) is 3.25. The zero-order valence-corrected chi connectivity index (χ0v) is 18.3. The molecular weight excluding hydrogens is 411 g/mol. The monoisotopic (exact) mass is 436 g/mol. The molecule has 3 heteroatoms. The Balaban J connectivity index is 0.000000331. The number of phenolic OH excluding ortho intramolecular Hbond substituents is 2. The molecule has 0 saturated carbocycles. The molecule has 0 heterocycles. The van der Waals surface area contributed by atoms with Crippen molar-refractivity contribution < 1.29 is 36.4 Å². The Bertz CT molecular complexity index is 658. The van der Waals surface area contributed by atoms with Crippen LogP contribution in [0.1, 0.15) is 26.7 Å². The van der Waals surface area contributed by atoms with E-state index in [-0.39, 0.29) is 26.2 Å². The van der Waals surface area contributed by atoms with Crippen LogP contribution in [0.3, 0.4) is 0 Å². The van der Waals surface area contributed by atoms with Crippen molar-refractivity contribution in [1.82, 2.24) is 0 Å². The summed E-state index contributed by atoms with van der Waals surface area (Å²) < 4.78 is 0. The van der Waals surface area contributed by atoms with Crippen molar-refractivity contribution >= 4 is 0 Å². The Morgan fingerprint density at radius 2 is 0.963 bits per heavy atom. The second-order valence-corrected chi connectivity index (χ2v) is 5.60. The summed E-state index contributed by atoms with van der Waals surface area (Å²) in [6, 6.07) is 17.4. The fraction of sp³-hybridized carbons (Fsp3) is 0.167. The predicted molar refractivity (Wildman–Crippen MR) is 109 cm³/mol. The number of aromatic hydroxyl groups is 2. The number of hydrogen-bond acceptors (Lipinski definition) is 2. The topological polar surface area (TPSA) is 40.5 Å². The molecule has 2 aliphatic rings. The SMILES string of the molecule is CC1=[C-]CC=C1.CC1=[C-]CC=C1.Oc1ccccc1.Oc1ccccc1.[Zr+2]. The van der Waals surface area contributed by atoms with E-state index in [9.17, 15) is 0 Å². The molecule has 0 fully saturated rings. The Kier molecular flexibility index (Phi) is 14.8. The Labute approximate surface area is 182 Å². The van der Waals surface area contributed by atoms with E-state index in [0.29, 0.717) is 11.5 Å². The average Bonchev–Trinajstić information content (AvgIpc) is 3.31. The third kappa shape index (κ3) is 14.7. The second-order valence-electron chi connectivity index (χ2n) is 5.60. The van der Waals surface area contributed by atoms with E-state index in [1.807, 2.05) is 12.1 Å². The molecule has 2 nitrogen and oxygen atoms in total. The predicted octanol–water partition coefficient (Wildman–Crippen LogP) is 6.17. The minimum Gasteiger partial charge on any atom is -0.508 e. The van der Waals surface area contributed by atoms with Crippen molar-refractivity contribution in [2.45, 2.75) is 26.7 Å². The Morgan fingerprint density at radius 3 is 1.07 bits per heavy atom. The van der Waals surface area contributed by atoms with Gasteiger partial charge in [-0.25, -0.2) is 23.3 Å². The minimum absolute atomic E-state index is 0. The molecule has 0 radical (unpaired) electrons. The largest absolute Gasteiger partial charge is 2.00 e. The first kappa shape index (κ1) is 24.9. The molecule has 0 spiro atoms. The molecule has 0 bridgehead atoms. The van der Waals surface area contributed by atoms with Crippen LogP contribution in [0.2, 0.25) is 0 Å². The van der Waals surface area contributed by atoms with Gasteiger partial charge in [-0.2, -0.15) is 12.2 Å². The molecule has 2 aromatic rings. The van der Waals surface area contributed by atoms with Gasteiger partial charge in [-0.15, -0.1) is 12.8 Å². The van der Waals surface area contributed by atoms with Crippen molar-refractivity contribution in [1.29, 1.82) is 0 Å². The maximum atomic E-state index is 8.63. The number of allylic oxidation sites excluding steroid dienone is 8. The van der Waals surface area contributed by atoms with E-state index < -0.39 is 0 Å². The van der Waals surface area contributed by atoms with Gasteiger partial charge < -0.3 is 10.2 Å². The zero-order chi connectivity index (χ0) is 19.0. The van der Waals surface area contributed by atoms with Crippen LogP contribution in [0.25, 0.3) is 0 Å². The molecule has 0 aliphatic heterocycles. The van der Waals surface area contributed by atoms with Gasteiger partial charge in [0.25, 0.3) is 0 Å². The summed E-state index contributed by atoms with van der Waals surface area (Å²) in [5.74, 6) is 0.644. The van der Waals surface area contributed by atoms with Crippen LogP contribution in [0.15, 0.2) is 96.1 Å². The van der Waals surface area contributed by atoms with Crippen LogP contribution in [0.4, 0.5) is 0 Å². The Hall–Kier alpha value is -2.12. The molecule has 2 aliphatic carbocycles. The van der Waals surface area contributed by atoms with Crippen molar-refractivity contribution in [2.75, 3.05) is 0 Å². The van der Waals surface area contributed by atoms with Gasteiger partial charge in [0.2, 0.25) is 0 Å². The molecule has 2 N–H and O–H groups in total. The first-order valence-electron chi connectivity index (χ1n) is 8.54. The van der Waals surface area contributed by atoms with E-state index in [4.69, 9.17) is 10.2 Å². The van der Waals surface area contributed by atoms with E-state index in [0.717, 1.165) is 12.8 Å². The fourth-order valence-electron chi connectivity index (χ4n) is 1.89. The van der Waals surface area contributed by atoms with Crippen molar-refractivity contribution in [3.05, 3.63) is 108 Å². The van der Waals surface area contributed by atoms with E-state index in [1.54, 1.807) is 48.5 Å². The van der Waals surface area contributed by atoms with Crippen LogP contribution in [0.5, 0.6) is 11.5 Å². The quantitative estimate of drug-likeness (QED) is 0.484. The molecule has 0 amide bonds. The molecule has 2 aromatic carbocycles. The van der Waals surface area contributed by atoms with Gasteiger partial charge in [-0.1, -0.05) is 50.2 Å². The summed E-state index contributed by atoms with van der Waals surface area (Å²) in [6.45, 7) is 4.12. The molecule has 0 unspecified atom stereocenters. The molecular formula is C24H26O2Zr. The first-order chi connectivity index (χ1) is 12.6. The van der Waals surface area contributed by atoms with E-state index >= 15 is 0 Å². The Morgan fingerprint density at radius 1 is 0.630 bits per heavy atom. The van der Waals surface area contributed by atoms with Crippen LogP contribution in [0, 0.1) is 12.2 Å². The van der Waals surface area contributed by atoms with Gasteiger partial charge in [0, 0.05) is 0 Å². The zero-order valence-electron chi connectivity index (χ0n) is 15.9. The van der Waals surface area contributed by atoms with Gasteiger partial charge >= 0.3 is 26.2 Å². The third-order valence-corrected chi connectivity index (χ3v) is 3.25. The normalized spacial score (nSPS) is 12.7. The van der Waals surface area contributed by atoms with Crippen LogP contribution >= 0.6 is 0 Å². The number of phenols is 2. The second kappa shape index (κ2) is 16.1. The fourth-order valence-corrected chi connectivity index (χ4v) is 1.89. The molecule has 27 heavy (non-hydrogen) atoms. The van der Waals surface area contributed by atoms with Gasteiger partial charge in [0.1, 0.15) is 11.5 Å². The van der Waals surface area contributed by atoms with E-state index in [1.165, 1.54) is 11.1 Å². The van der Waals surface area contributed by atoms with Crippen molar-refractivity contribution in [3.8, 4) is 11.5 Å². The van der Waals surface area contributed by atoms with Crippen LogP contribution < -0.4 is 0 Å². The average molecular weight is 438 g/mol. The molecule has 0 aromatic heterocycles. The van der Waals surface area contributed by atoms with Crippen LogP contribution in [-0.2, 0) is 26.2 Å². The van der Waals surface area contributed by atoms with Crippen LogP contribution in [-0.4, -0.2) is 10.2 Å². The molecule has 0 saturated heterocycles. The molecule has 138 valence electrons. The number of rotatable bonds is 0. The maximum absolute atomic E-state index is 8.63. The maximum Gasteiger partial charge on any atom is 2.00 e. The summed E-state index contributed by atoms with van der Waals surface area (Å²) in [6.07, 6.45) is 16.7. The summed E-state index contributed by atoms with van der Waals surface area (Å²) in [5, 5.41) is 17.3. The summed E-state index contributed by atoms with van der Waals surface area (Å²) in [5.41, 5.74) is 2.55. The molecule has 0 atom stereocenters. The smallest absolute Gasteiger partial charge is 0.508 e. The van der Waals surface area contributed by atoms with Crippen molar-refractivity contribution in [2.24, 2.45) is 0 Å². The van der Waals surface area contributed by atoms with E-state index in [2.05, 4.69) is 50.3 Å². The minimum atomic E-state index is 0. The number of benzene rings is 2. The summed E-state index contributed by atoms with van der Waals surface area (Å²) in [4.78, 5) is 0. The first-order valence-corrected chi connectivity index (χ1v) is 8.54. The van der Waals surface area contributed by atoms with Gasteiger partial charge in [0.05, 0.1) is 0 Å². The number of hydrogen-bond donors (Lipinski definition) is 2. The summed E-state index contributed by atoms with van der Waals surface area (Å²) >= 11 is 0. The standard InChI is InChI=1S/2C6H6O.2C6H7.Zr/c2*7-6-4-2-1-3-5-6;2*1-6-4-2-3-5-6;/h2*1-5,7H;2*2,4H,3H2,1H3;/q;;2*-1;+2. The van der Waals surface area contributed by atoms with Gasteiger partial charge in [-0.3, -0.25) is 12.2 Å². The molecule has 4 rings (SSSR count).